The topological polar surface area (TPSA) is 81.8 Å². The number of rotatable bonds is 7. The molecule has 0 amide bonds. The number of carbonyl (C=O) groups is 1. The third-order valence-corrected chi connectivity index (χ3v) is 6.96. The third kappa shape index (κ3) is 6.91. The molecule has 4 aromatic rings. The van der Waals surface area contributed by atoms with Gasteiger partial charge in [0.1, 0.15) is 29.6 Å². The summed E-state index contributed by atoms with van der Waals surface area (Å²) in [6, 6.07) is 12.7. The molecule has 3 aromatic carbocycles. The van der Waals surface area contributed by atoms with Gasteiger partial charge in [-0.3, -0.25) is 0 Å². The van der Waals surface area contributed by atoms with Gasteiger partial charge < -0.3 is 19.1 Å². The minimum atomic E-state index is -4.99. The fourth-order valence-corrected chi connectivity index (χ4v) is 4.81. The van der Waals surface area contributed by atoms with E-state index in [0.717, 1.165) is 36.6 Å². The number of ether oxygens (including phenoxy) is 2. The van der Waals surface area contributed by atoms with E-state index in [0.29, 0.717) is 38.4 Å². The second-order valence-electron chi connectivity index (χ2n) is 9.02. The van der Waals surface area contributed by atoms with Crippen molar-refractivity contribution < 1.29 is 37.1 Å². The van der Waals surface area contributed by atoms with Crippen molar-refractivity contribution in [2.75, 3.05) is 0 Å². The van der Waals surface area contributed by atoms with Gasteiger partial charge in [-0.25, -0.2) is 4.79 Å². The Labute approximate surface area is 246 Å². The third-order valence-electron chi connectivity index (χ3n) is 6.02. The number of hydrogen-bond donors (Lipinski definition) is 1. The average Bonchev–Trinajstić information content (AvgIpc) is 3.66. The van der Waals surface area contributed by atoms with Gasteiger partial charge in [0.25, 0.3) is 0 Å². The normalized spacial score (nSPS) is 12.9. The van der Waals surface area contributed by atoms with Gasteiger partial charge in [0.05, 0.1) is 26.2 Å². The Morgan fingerprint density at radius 1 is 1.00 bits per heavy atom. The van der Waals surface area contributed by atoms with E-state index in [1.165, 1.54) is 6.07 Å². The molecule has 1 aliphatic rings. The van der Waals surface area contributed by atoms with Crippen LogP contribution in [-0.2, 0) is 6.61 Å². The van der Waals surface area contributed by atoms with Crippen molar-refractivity contribution >= 4 is 40.8 Å². The van der Waals surface area contributed by atoms with Gasteiger partial charge in [0.15, 0.2) is 0 Å². The first-order valence-electron chi connectivity index (χ1n) is 12.0. The van der Waals surface area contributed by atoms with Crippen LogP contribution < -0.4 is 9.47 Å². The summed E-state index contributed by atoms with van der Waals surface area (Å²) in [6.45, 7) is 0.0948. The summed E-state index contributed by atoms with van der Waals surface area (Å²) in [6.07, 6.45) is -3.06. The maximum atomic E-state index is 12.7. The molecule has 1 saturated carbocycles. The Hall–Kier alpha value is -3.84. The van der Waals surface area contributed by atoms with Crippen LogP contribution in [0.2, 0.25) is 15.1 Å². The van der Waals surface area contributed by atoms with Crippen molar-refractivity contribution in [3.05, 3.63) is 97.7 Å². The Morgan fingerprint density at radius 3 is 2.37 bits per heavy atom. The maximum Gasteiger partial charge on any atom is 0.573 e. The van der Waals surface area contributed by atoms with E-state index in [4.69, 9.17) is 44.1 Å². The number of nitrogens with zero attached hydrogens (tertiary/aromatic N) is 1. The zero-order valence-electron chi connectivity index (χ0n) is 20.7. The molecule has 0 aliphatic heterocycles. The summed E-state index contributed by atoms with van der Waals surface area (Å²) in [5.74, 6) is 4.59. The minimum Gasteiger partial charge on any atom is -0.489 e. The van der Waals surface area contributed by atoms with Crippen LogP contribution in [-0.4, -0.2) is 22.6 Å². The van der Waals surface area contributed by atoms with Crippen LogP contribution in [0.5, 0.6) is 11.5 Å². The summed E-state index contributed by atoms with van der Waals surface area (Å²) >= 11 is 19.2. The van der Waals surface area contributed by atoms with E-state index in [-0.39, 0.29) is 23.1 Å². The first-order chi connectivity index (χ1) is 19.5. The predicted octanol–water partition coefficient (Wildman–Crippen LogP) is 8.75. The highest BCUT2D eigenvalue weighted by atomic mass is 35.5. The summed E-state index contributed by atoms with van der Waals surface area (Å²) in [5.41, 5.74) is 1.68. The van der Waals surface area contributed by atoms with Crippen molar-refractivity contribution in [2.45, 2.75) is 31.7 Å². The first-order valence-corrected chi connectivity index (χ1v) is 13.1. The summed E-state index contributed by atoms with van der Waals surface area (Å²) < 4.78 is 53.5. The van der Waals surface area contributed by atoms with E-state index in [2.05, 4.69) is 21.7 Å². The van der Waals surface area contributed by atoms with Crippen LogP contribution in [0.15, 0.2) is 59.1 Å². The highest BCUT2D eigenvalue weighted by Gasteiger charge is 2.34. The number of aromatic carboxylic acids is 1. The summed E-state index contributed by atoms with van der Waals surface area (Å²) in [4.78, 5) is 11.3. The molecule has 0 atom stereocenters. The number of hydrogen-bond acceptors (Lipinski definition) is 5. The second-order valence-corrected chi connectivity index (χ2v) is 10.2. The molecular weight excluding hydrogens is 606 g/mol. The molecule has 41 heavy (non-hydrogen) atoms. The average molecular weight is 623 g/mol. The van der Waals surface area contributed by atoms with Crippen LogP contribution in [0.1, 0.15) is 51.6 Å². The smallest absolute Gasteiger partial charge is 0.489 e. The van der Waals surface area contributed by atoms with Crippen molar-refractivity contribution in [2.24, 2.45) is 0 Å². The van der Waals surface area contributed by atoms with Gasteiger partial charge in [0, 0.05) is 28.7 Å². The highest BCUT2D eigenvalue weighted by molar-refractivity contribution is 6.39. The van der Waals surface area contributed by atoms with Gasteiger partial charge >= 0.3 is 12.3 Å². The molecule has 0 bridgehead atoms. The fraction of sp³-hybridized carbons (Fsp3) is 0.172. The molecule has 0 unspecified atom stereocenters. The molecule has 5 rings (SSSR count). The number of carboxylic acids is 1. The first kappa shape index (κ1) is 28.7. The van der Waals surface area contributed by atoms with Crippen LogP contribution in [0.4, 0.5) is 13.2 Å². The molecule has 210 valence electrons. The lowest BCUT2D eigenvalue weighted by Crippen LogP contribution is -2.17. The Kier molecular flexibility index (Phi) is 8.09. The molecule has 0 saturated heterocycles. The molecule has 1 aromatic heterocycles. The molecule has 6 nitrogen and oxygen atoms in total. The molecule has 1 fully saturated rings. The number of benzene rings is 3. The maximum absolute atomic E-state index is 12.7. The lowest BCUT2D eigenvalue weighted by Gasteiger charge is -2.10. The molecule has 0 spiro atoms. The highest BCUT2D eigenvalue weighted by Crippen LogP contribution is 2.46. The van der Waals surface area contributed by atoms with E-state index < -0.39 is 23.6 Å². The molecule has 1 aliphatic carbocycles. The van der Waals surface area contributed by atoms with E-state index in [1.807, 2.05) is 0 Å². The van der Waals surface area contributed by atoms with Gasteiger partial charge in [-0.15, -0.1) is 13.2 Å². The summed E-state index contributed by atoms with van der Waals surface area (Å²) in [7, 11) is 0. The fourth-order valence-electron chi connectivity index (χ4n) is 4.02. The quantitative estimate of drug-likeness (QED) is 0.208. The predicted molar refractivity (Wildman–Crippen MR) is 146 cm³/mol. The monoisotopic (exact) mass is 621 g/mol. The number of halogens is 6. The Balaban J connectivity index is 1.37. The van der Waals surface area contributed by atoms with E-state index in [1.54, 1.807) is 30.3 Å². The van der Waals surface area contributed by atoms with Crippen LogP contribution >= 0.6 is 34.8 Å². The zero-order valence-corrected chi connectivity index (χ0v) is 23.0. The Morgan fingerprint density at radius 2 is 1.73 bits per heavy atom. The number of alkyl halides is 3. The standard InChI is InChI=1S/C29H17Cl3F3NO5/c30-22-2-1-3-23(31)25(22)26-21(27(41-36-26)17-6-7-17)14-39-19-9-8-16(24(32)13-19)5-4-15-10-18(28(37)38)12-20(11-15)40-29(33,34)35/h1-3,8-13,17H,6-7,14H2,(H,37,38). The molecule has 1 heterocycles. The van der Waals surface area contributed by atoms with Crippen molar-refractivity contribution in [1.29, 1.82) is 0 Å². The van der Waals surface area contributed by atoms with Crippen molar-refractivity contribution in [1.82, 2.24) is 5.16 Å². The minimum absolute atomic E-state index is 0.00799. The molecule has 0 radical (unpaired) electrons. The molecule has 12 heteroatoms. The van der Waals surface area contributed by atoms with Crippen LogP contribution in [0.25, 0.3) is 11.3 Å². The van der Waals surface area contributed by atoms with E-state index >= 15 is 0 Å². The van der Waals surface area contributed by atoms with Crippen molar-refractivity contribution in [3.8, 4) is 34.6 Å². The van der Waals surface area contributed by atoms with Gasteiger partial charge in [-0.2, -0.15) is 0 Å². The largest absolute Gasteiger partial charge is 0.573 e. The van der Waals surface area contributed by atoms with Crippen LogP contribution in [0.3, 0.4) is 0 Å². The van der Waals surface area contributed by atoms with Gasteiger partial charge in [0.2, 0.25) is 0 Å². The Bertz CT molecular complexity index is 1680. The number of carboxylic acid groups (broad SMARTS) is 1. The lowest BCUT2D eigenvalue weighted by molar-refractivity contribution is -0.274. The summed E-state index contributed by atoms with van der Waals surface area (Å²) in [5, 5.41) is 14.5. The second kappa shape index (κ2) is 11.6. The molecule has 1 N–H and O–H groups in total. The van der Waals surface area contributed by atoms with Gasteiger partial charge in [-0.05, 0) is 55.3 Å². The van der Waals surface area contributed by atoms with E-state index in [9.17, 15) is 23.1 Å². The molecular formula is C29H17Cl3F3NO5. The van der Waals surface area contributed by atoms with Crippen molar-refractivity contribution in [3.63, 3.8) is 0 Å². The lowest BCUT2D eigenvalue weighted by atomic mass is 10.0. The van der Waals surface area contributed by atoms with Gasteiger partial charge in [-0.1, -0.05) is 57.9 Å². The number of aromatic nitrogens is 1. The van der Waals surface area contributed by atoms with Crippen LogP contribution in [0, 0.1) is 11.8 Å². The zero-order chi connectivity index (χ0) is 29.3. The SMILES string of the molecule is O=C(O)c1cc(C#Cc2ccc(OCc3c(-c4c(Cl)cccc4Cl)noc3C3CC3)cc2Cl)cc(OC(F)(F)F)c1.